The van der Waals surface area contributed by atoms with Gasteiger partial charge in [0, 0.05) is 28.9 Å². The zero-order valence-electron chi connectivity index (χ0n) is 22.9. The highest BCUT2D eigenvalue weighted by Gasteiger charge is 2.49. The summed E-state index contributed by atoms with van der Waals surface area (Å²) < 4.78 is 27.4. The number of carbonyl (C=O) groups excluding carboxylic acids is 2. The third kappa shape index (κ3) is 6.62. The number of amides is 2. The first-order valence-corrected chi connectivity index (χ1v) is 15.9. The molecule has 0 unspecified atom stereocenters. The number of hydroxylamine groups is 1. The van der Waals surface area contributed by atoms with Crippen LogP contribution >= 0.6 is 11.6 Å². The summed E-state index contributed by atoms with van der Waals surface area (Å²) in [6, 6.07) is 16.3. The second kappa shape index (κ2) is 12.3. The maximum absolute atomic E-state index is 14.3. The van der Waals surface area contributed by atoms with Crippen LogP contribution in [0.4, 0.5) is 0 Å². The van der Waals surface area contributed by atoms with Crippen molar-refractivity contribution < 1.29 is 22.8 Å². The lowest BCUT2D eigenvalue weighted by molar-refractivity contribution is -0.138. The van der Waals surface area contributed by atoms with Crippen molar-refractivity contribution in [3.05, 3.63) is 99.8 Å². The average Bonchev–Trinajstić information content (AvgIpc) is 2.94. The molecule has 9 nitrogen and oxygen atoms in total. The molecule has 216 valence electrons. The minimum atomic E-state index is -3.55. The van der Waals surface area contributed by atoms with Crippen molar-refractivity contribution in [2.75, 3.05) is 6.26 Å². The molecule has 1 aromatic heterocycles. The number of aryl methyl sites for hydroxylation is 1. The van der Waals surface area contributed by atoms with Gasteiger partial charge >= 0.3 is 0 Å². The van der Waals surface area contributed by atoms with Crippen molar-refractivity contribution in [3.63, 3.8) is 0 Å². The SMILES string of the molecule is Cc1ccc2c(c1)C(=O)N([C@H]1CCCC[C@@H]1NS(C)(=O)=O)[C@@H](c1ccc(Cl)cc1)[C@@H]2C(=O)NOCc1ccccn1. The number of halogens is 1. The molecule has 2 heterocycles. The zero-order valence-corrected chi connectivity index (χ0v) is 24.5. The molecular weight excluding hydrogens is 564 g/mol. The van der Waals surface area contributed by atoms with Gasteiger partial charge in [-0.05, 0) is 61.2 Å². The fourth-order valence-corrected chi connectivity index (χ4v) is 6.91. The van der Waals surface area contributed by atoms with Crippen LogP contribution in [0, 0.1) is 6.92 Å². The molecule has 1 saturated carbocycles. The molecule has 0 saturated heterocycles. The van der Waals surface area contributed by atoms with Crippen molar-refractivity contribution in [1.29, 1.82) is 0 Å². The molecule has 41 heavy (non-hydrogen) atoms. The van der Waals surface area contributed by atoms with Crippen molar-refractivity contribution in [3.8, 4) is 0 Å². The van der Waals surface area contributed by atoms with Crippen LogP contribution < -0.4 is 10.2 Å². The quantitative estimate of drug-likeness (QED) is 0.372. The molecule has 3 aromatic rings. The summed E-state index contributed by atoms with van der Waals surface area (Å²) in [6.45, 7) is 1.96. The van der Waals surface area contributed by atoms with Gasteiger partial charge in [0.05, 0.1) is 23.9 Å². The molecular formula is C30H33ClN4O5S. The van der Waals surface area contributed by atoms with E-state index in [1.54, 1.807) is 41.4 Å². The molecule has 1 aliphatic heterocycles. The Morgan fingerprint density at radius 3 is 2.56 bits per heavy atom. The minimum absolute atomic E-state index is 0.0668. The van der Waals surface area contributed by atoms with E-state index in [0.29, 0.717) is 40.2 Å². The maximum atomic E-state index is 14.3. The lowest BCUT2D eigenvalue weighted by atomic mass is 9.76. The smallest absolute Gasteiger partial charge is 0.255 e. The van der Waals surface area contributed by atoms with Crippen molar-refractivity contribution in [2.45, 2.75) is 63.3 Å². The highest BCUT2D eigenvalue weighted by atomic mass is 35.5. The second-order valence-electron chi connectivity index (χ2n) is 10.7. The molecule has 2 N–H and O–H groups in total. The van der Waals surface area contributed by atoms with E-state index in [1.165, 1.54) is 0 Å². The van der Waals surface area contributed by atoms with Crippen LogP contribution in [0.5, 0.6) is 0 Å². The third-order valence-corrected chi connectivity index (χ3v) is 8.67. The van der Waals surface area contributed by atoms with Crippen LogP contribution in [0.25, 0.3) is 0 Å². The first-order chi connectivity index (χ1) is 19.6. The molecule has 1 fully saturated rings. The van der Waals surface area contributed by atoms with E-state index in [9.17, 15) is 18.0 Å². The summed E-state index contributed by atoms with van der Waals surface area (Å²) in [5.74, 6) is -1.50. The van der Waals surface area contributed by atoms with Gasteiger partial charge in [-0.15, -0.1) is 0 Å². The van der Waals surface area contributed by atoms with E-state index < -0.39 is 40.0 Å². The van der Waals surface area contributed by atoms with Crippen LogP contribution in [-0.4, -0.2) is 48.5 Å². The molecule has 0 spiro atoms. The zero-order chi connectivity index (χ0) is 29.1. The van der Waals surface area contributed by atoms with E-state index >= 15 is 0 Å². The highest BCUT2D eigenvalue weighted by molar-refractivity contribution is 7.88. The number of aromatic nitrogens is 1. The van der Waals surface area contributed by atoms with Gasteiger partial charge < -0.3 is 4.90 Å². The van der Waals surface area contributed by atoms with Gasteiger partial charge in [-0.1, -0.05) is 60.3 Å². The number of hydrogen-bond donors (Lipinski definition) is 2. The highest BCUT2D eigenvalue weighted by Crippen LogP contribution is 2.46. The molecule has 2 aliphatic rings. The van der Waals surface area contributed by atoms with Crippen LogP contribution in [0.2, 0.25) is 5.02 Å². The van der Waals surface area contributed by atoms with Crippen LogP contribution in [0.15, 0.2) is 66.9 Å². The Hall–Kier alpha value is -3.31. The Morgan fingerprint density at radius 1 is 1.10 bits per heavy atom. The minimum Gasteiger partial charge on any atom is -0.326 e. The van der Waals surface area contributed by atoms with Gasteiger partial charge in [0.15, 0.2) is 0 Å². The number of sulfonamides is 1. The van der Waals surface area contributed by atoms with E-state index in [4.69, 9.17) is 16.4 Å². The molecule has 1 aliphatic carbocycles. The topological polar surface area (TPSA) is 118 Å². The Morgan fingerprint density at radius 2 is 1.85 bits per heavy atom. The number of pyridine rings is 1. The van der Waals surface area contributed by atoms with Crippen LogP contribution in [0.1, 0.15) is 70.4 Å². The number of fused-ring (bicyclic) bond motifs is 1. The molecule has 0 radical (unpaired) electrons. The van der Waals surface area contributed by atoms with Gasteiger partial charge in [-0.3, -0.25) is 19.4 Å². The largest absolute Gasteiger partial charge is 0.326 e. The summed E-state index contributed by atoms with van der Waals surface area (Å²) in [7, 11) is -3.55. The van der Waals surface area contributed by atoms with Gasteiger partial charge in [0.1, 0.15) is 6.61 Å². The number of nitrogens with one attached hydrogen (secondary N) is 2. The predicted molar refractivity (Wildman–Crippen MR) is 155 cm³/mol. The van der Waals surface area contributed by atoms with E-state index in [1.807, 2.05) is 37.3 Å². The Balaban J connectivity index is 1.59. The Bertz CT molecular complexity index is 1520. The molecule has 11 heteroatoms. The standard InChI is InChI=1S/C30H33ClN4O5S/c1-19-10-15-23-24(17-19)30(37)35(26-9-4-3-8-25(26)34-41(2,38)39)28(20-11-13-21(31)14-12-20)27(23)29(36)33-40-18-22-7-5-6-16-32-22/h5-7,10-17,25-28,34H,3-4,8-9,18H2,1-2H3,(H,33,36)/t25-,26-,27+,28-/m0/s1. The van der Waals surface area contributed by atoms with E-state index in [0.717, 1.165) is 24.7 Å². The van der Waals surface area contributed by atoms with Gasteiger partial charge in [0.2, 0.25) is 10.0 Å². The normalized spacial score (nSPS) is 22.7. The van der Waals surface area contributed by atoms with Crippen molar-refractivity contribution >= 4 is 33.4 Å². The number of rotatable bonds is 8. The summed E-state index contributed by atoms with van der Waals surface area (Å²) in [5.41, 5.74) is 5.84. The number of carbonyl (C=O) groups is 2. The van der Waals surface area contributed by atoms with Gasteiger partial charge in [-0.2, -0.15) is 0 Å². The lowest BCUT2D eigenvalue weighted by Gasteiger charge is -2.49. The van der Waals surface area contributed by atoms with Crippen LogP contribution in [0.3, 0.4) is 0 Å². The van der Waals surface area contributed by atoms with Crippen molar-refractivity contribution in [1.82, 2.24) is 20.1 Å². The lowest BCUT2D eigenvalue weighted by Crippen LogP contribution is -2.59. The summed E-state index contributed by atoms with van der Waals surface area (Å²) >= 11 is 6.22. The fraction of sp³-hybridized carbons (Fsp3) is 0.367. The number of benzene rings is 2. The number of hydrogen-bond acceptors (Lipinski definition) is 6. The van der Waals surface area contributed by atoms with Gasteiger partial charge in [-0.25, -0.2) is 18.6 Å². The third-order valence-electron chi connectivity index (χ3n) is 7.69. The molecule has 2 amide bonds. The summed E-state index contributed by atoms with van der Waals surface area (Å²) in [4.78, 5) is 39.9. The molecule has 2 aromatic carbocycles. The molecule has 5 rings (SSSR count). The Kier molecular flexibility index (Phi) is 8.74. The summed E-state index contributed by atoms with van der Waals surface area (Å²) in [6.07, 6.45) is 5.60. The monoisotopic (exact) mass is 596 g/mol. The molecule has 0 bridgehead atoms. The molecule has 4 atom stereocenters. The average molecular weight is 597 g/mol. The predicted octanol–water partition coefficient (Wildman–Crippen LogP) is 4.43. The summed E-state index contributed by atoms with van der Waals surface area (Å²) in [5, 5.41) is 0.521. The van der Waals surface area contributed by atoms with E-state index in [-0.39, 0.29) is 12.5 Å². The van der Waals surface area contributed by atoms with Crippen molar-refractivity contribution in [2.24, 2.45) is 0 Å². The van der Waals surface area contributed by atoms with Crippen LogP contribution in [-0.2, 0) is 26.3 Å². The Labute approximate surface area is 245 Å². The fourth-order valence-electron chi connectivity index (χ4n) is 5.96. The van der Waals surface area contributed by atoms with E-state index in [2.05, 4.69) is 15.2 Å². The first-order valence-electron chi connectivity index (χ1n) is 13.6. The van der Waals surface area contributed by atoms with Gasteiger partial charge in [0.25, 0.3) is 11.8 Å². The maximum Gasteiger partial charge on any atom is 0.255 e. The second-order valence-corrected chi connectivity index (χ2v) is 12.9. The first kappa shape index (κ1) is 29.2. The number of nitrogens with zero attached hydrogens (tertiary/aromatic N) is 2.